The number of carbonyl (C=O) groups is 1. The van der Waals surface area contributed by atoms with E-state index in [1.54, 1.807) is 32.2 Å². The Morgan fingerprint density at radius 1 is 1.03 bits per heavy atom. The minimum Gasteiger partial charge on any atom is -0.496 e. The van der Waals surface area contributed by atoms with Crippen LogP contribution in [0.1, 0.15) is 23.6 Å². The molecular formula is C25H23Cl2NO5. The smallest absolute Gasteiger partial charge is 0.347 e. The van der Waals surface area contributed by atoms with Crippen molar-refractivity contribution < 1.29 is 23.8 Å². The molecule has 0 aromatic heterocycles. The van der Waals surface area contributed by atoms with Crippen molar-refractivity contribution in [2.45, 2.75) is 13.3 Å². The molecule has 172 valence electrons. The third kappa shape index (κ3) is 7.14. The predicted octanol–water partition coefficient (Wildman–Crippen LogP) is 6.30. The standard InChI is InChI=1S/C25H23Cl2NO5/c1-3-31-24(29)16-32-28-15-18-12-21(26)25(22(27)13-18)33-20-9-10-23(30-2)19(14-20)11-17-7-5-4-6-8-17/h4-10,12-15H,3,11,16H2,1-2H3/b28-15-. The highest BCUT2D eigenvalue weighted by atomic mass is 35.5. The van der Waals surface area contributed by atoms with Crippen molar-refractivity contribution in [3.8, 4) is 17.2 Å². The molecule has 3 aromatic rings. The Kier molecular flexibility index (Phi) is 8.98. The first-order valence-electron chi connectivity index (χ1n) is 10.2. The number of rotatable bonds is 10. The molecule has 0 heterocycles. The summed E-state index contributed by atoms with van der Waals surface area (Å²) in [7, 11) is 1.63. The van der Waals surface area contributed by atoms with Gasteiger partial charge in [-0.15, -0.1) is 0 Å². The molecule has 3 rings (SSSR count). The van der Waals surface area contributed by atoms with Gasteiger partial charge >= 0.3 is 5.97 Å². The average molecular weight is 488 g/mol. The van der Waals surface area contributed by atoms with Crippen LogP contribution in [0.3, 0.4) is 0 Å². The van der Waals surface area contributed by atoms with Crippen molar-refractivity contribution in [1.82, 2.24) is 0 Å². The third-order valence-electron chi connectivity index (χ3n) is 4.49. The van der Waals surface area contributed by atoms with Gasteiger partial charge in [-0.05, 0) is 48.4 Å². The minimum absolute atomic E-state index is 0.278. The lowest BCUT2D eigenvalue weighted by atomic mass is 10.0. The Labute approximate surface area is 202 Å². The molecule has 0 bridgehead atoms. The van der Waals surface area contributed by atoms with Crippen molar-refractivity contribution in [1.29, 1.82) is 0 Å². The Morgan fingerprint density at radius 2 is 1.76 bits per heavy atom. The third-order valence-corrected chi connectivity index (χ3v) is 5.06. The molecule has 0 radical (unpaired) electrons. The van der Waals surface area contributed by atoms with Gasteiger partial charge in [0.25, 0.3) is 0 Å². The zero-order chi connectivity index (χ0) is 23.6. The number of hydrogen-bond donors (Lipinski definition) is 0. The van der Waals surface area contributed by atoms with Gasteiger partial charge in [-0.3, -0.25) is 0 Å². The lowest BCUT2D eigenvalue weighted by molar-refractivity contribution is -0.148. The molecule has 0 aliphatic heterocycles. The molecular weight excluding hydrogens is 465 g/mol. The van der Waals surface area contributed by atoms with Gasteiger partial charge in [0.15, 0.2) is 5.75 Å². The molecule has 0 fully saturated rings. The van der Waals surface area contributed by atoms with Crippen LogP contribution < -0.4 is 9.47 Å². The number of esters is 1. The summed E-state index contributed by atoms with van der Waals surface area (Å²) in [5.74, 6) is 1.15. The van der Waals surface area contributed by atoms with E-state index >= 15 is 0 Å². The average Bonchev–Trinajstić information content (AvgIpc) is 2.80. The first kappa shape index (κ1) is 24.4. The lowest BCUT2D eigenvalue weighted by Crippen LogP contribution is -2.10. The van der Waals surface area contributed by atoms with Gasteiger partial charge in [-0.25, -0.2) is 4.79 Å². The molecule has 0 unspecified atom stereocenters. The highest BCUT2D eigenvalue weighted by Crippen LogP contribution is 2.38. The monoisotopic (exact) mass is 487 g/mol. The number of methoxy groups -OCH3 is 1. The summed E-state index contributed by atoms with van der Waals surface area (Å²) in [4.78, 5) is 16.2. The summed E-state index contributed by atoms with van der Waals surface area (Å²) < 4.78 is 16.3. The van der Waals surface area contributed by atoms with E-state index in [0.717, 1.165) is 16.9 Å². The fourth-order valence-electron chi connectivity index (χ4n) is 3.03. The number of oxime groups is 1. The number of halogens is 2. The van der Waals surface area contributed by atoms with E-state index < -0.39 is 5.97 Å². The van der Waals surface area contributed by atoms with E-state index in [9.17, 15) is 4.79 Å². The van der Waals surface area contributed by atoms with Gasteiger partial charge < -0.3 is 19.0 Å². The molecule has 3 aromatic carbocycles. The summed E-state index contributed by atoms with van der Waals surface area (Å²) in [6.45, 7) is 1.71. The zero-order valence-corrected chi connectivity index (χ0v) is 19.7. The van der Waals surface area contributed by atoms with Gasteiger partial charge in [0.2, 0.25) is 6.61 Å². The van der Waals surface area contributed by atoms with Gasteiger partial charge in [-0.2, -0.15) is 0 Å². The molecule has 0 saturated heterocycles. The Hall–Kier alpha value is -3.22. The fraction of sp³-hybridized carbons (Fsp3) is 0.200. The Morgan fingerprint density at radius 3 is 2.42 bits per heavy atom. The van der Waals surface area contributed by atoms with Gasteiger partial charge in [0.1, 0.15) is 11.5 Å². The number of carbonyl (C=O) groups excluding carboxylic acids is 1. The number of nitrogens with zero attached hydrogens (tertiary/aromatic N) is 1. The van der Waals surface area contributed by atoms with Crippen molar-refractivity contribution in [2.75, 3.05) is 20.3 Å². The number of benzene rings is 3. The maximum absolute atomic E-state index is 11.3. The number of hydrogen-bond acceptors (Lipinski definition) is 6. The fourth-order valence-corrected chi connectivity index (χ4v) is 3.61. The van der Waals surface area contributed by atoms with Crippen LogP contribution >= 0.6 is 23.2 Å². The van der Waals surface area contributed by atoms with Crippen LogP contribution in [-0.4, -0.2) is 32.5 Å². The summed E-state index contributed by atoms with van der Waals surface area (Å²) >= 11 is 12.8. The van der Waals surface area contributed by atoms with E-state index in [-0.39, 0.29) is 13.2 Å². The van der Waals surface area contributed by atoms with Crippen LogP contribution in [0, 0.1) is 0 Å². The quantitative estimate of drug-likeness (QED) is 0.190. The Balaban J connectivity index is 1.74. The highest BCUT2D eigenvalue weighted by Gasteiger charge is 2.13. The first-order chi connectivity index (χ1) is 16.0. The van der Waals surface area contributed by atoms with Crippen LogP contribution in [0.4, 0.5) is 0 Å². The largest absolute Gasteiger partial charge is 0.496 e. The van der Waals surface area contributed by atoms with E-state index in [1.807, 2.05) is 30.3 Å². The Bertz CT molecular complexity index is 1100. The second-order valence-electron chi connectivity index (χ2n) is 6.86. The van der Waals surface area contributed by atoms with Crippen LogP contribution in [-0.2, 0) is 20.8 Å². The predicted molar refractivity (Wildman–Crippen MR) is 129 cm³/mol. The van der Waals surface area contributed by atoms with Crippen LogP contribution in [0.5, 0.6) is 17.2 Å². The molecule has 6 nitrogen and oxygen atoms in total. The van der Waals surface area contributed by atoms with Crippen molar-refractivity contribution in [3.63, 3.8) is 0 Å². The molecule has 0 N–H and O–H groups in total. The van der Waals surface area contributed by atoms with Gasteiger partial charge in [0, 0.05) is 12.0 Å². The topological polar surface area (TPSA) is 66.4 Å². The molecule has 0 atom stereocenters. The lowest BCUT2D eigenvalue weighted by Gasteiger charge is -2.14. The normalized spacial score (nSPS) is 10.8. The summed E-state index contributed by atoms with van der Waals surface area (Å²) in [6.07, 6.45) is 2.08. The summed E-state index contributed by atoms with van der Waals surface area (Å²) in [5, 5.41) is 4.33. The van der Waals surface area contributed by atoms with E-state index in [4.69, 9.17) is 42.3 Å². The van der Waals surface area contributed by atoms with Crippen molar-refractivity contribution in [2.24, 2.45) is 5.16 Å². The molecule has 0 aliphatic carbocycles. The van der Waals surface area contributed by atoms with Crippen LogP contribution in [0.2, 0.25) is 10.0 Å². The highest BCUT2D eigenvalue weighted by molar-refractivity contribution is 6.37. The minimum atomic E-state index is -0.499. The van der Waals surface area contributed by atoms with Crippen molar-refractivity contribution in [3.05, 3.63) is 87.4 Å². The summed E-state index contributed by atoms with van der Waals surface area (Å²) in [5.41, 5.74) is 2.70. The SMILES string of the molecule is CCOC(=O)CO/N=C\c1cc(Cl)c(Oc2ccc(OC)c(Cc3ccccc3)c2)c(Cl)c1. The van der Waals surface area contributed by atoms with E-state index in [1.165, 1.54) is 6.21 Å². The second kappa shape index (κ2) is 12.1. The molecule has 0 aliphatic rings. The molecule has 0 amide bonds. The zero-order valence-electron chi connectivity index (χ0n) is 18.2. The van der Waals surface area contributed by atoms with E-state index in [0.29, 0.717) is 33.5 Å². The number of ether oxygens (including phenoxy) is 3. The molecule has 0 spiro atoms. The molecule has 0 saturated carbocycles. The second-order valence-corrected chi connectivity index (χ2v) is 7.68. The van der Waals surface area contributed by atoms with Gasteiger partial charge in [0.05, 0.1) is 30.0 Å². The molecule has 33 heavy (non-hydrogen) atoms. The maximum atomic E-state index is 11.3. The van der Waals surface area contributed by atoms with Crippen LogP contribution in [0.15, 0.2) is 65.8 Å². The molecule has 8 heteroatoms. The maximum Gasteiger partial charge on any atom is 0.347 e. The van der Waals surface area contributed by atoms with E-state index in [2.05, 4.69) is 17.3 Å². The van der Waals surface area contributed by atoms with Crippen molar-refractivity contribution >= 4 is 35.4 Å². The summed E-state index contributed by atoms with van der Waals surface area (Å²) in [6, 6.07) is 18.9. The van der Waals surface area contributed by atoms with Crippen LogP contribution in [0.25, 0.3) is 0 Å². The first-order valence-corrected chi connectivity index (χ1v) is 10.9. The van der Waals surface area contributed by atoms with Gasteiger partial charge in [-0.1, -0.05) is 58.7 Å².